The number of rotatable bonds is 1. The van der Waals surface area contributed by atoms with Gasteiger partial charge in [0.1, 0.15) is 5.58 Å². The van der Waals surface area contributed by atoms with Crippen LogP contribution < -0.4 is 0 Å². The summed E-state index contributed by atoms with van der Waals surface area (Å²) in [4.78, 5) is 14.0. The number of likely N-dealkylation sites (tertiary alicyclic amines) is 1. The summed E-state index contributed by atoms with van der Waals surface area (Å²) in [6.45, 7) is 2.79. The molecule has 2 heterocycles. The van der Waals surface area contributed by atoms with Gasteiger partial charge in [-0.15, -0.1) is 0 Å². The van der Waals surface area contributed by atoms with Crippen molar-refractivity contribution in [1.82, 2.24) is 4.90 Å². The van der Waals surface area contributed by atoms with E-state index in [4.69, 9.17) is 16.0 Å². The molecule has 1 aromatic heterocycles. The largest absolute Gasteiger partial charge is 0.451 e. The van der Waals surface area contributed by atoms with Crippen LogP contribution in [0.25, 0.3) is 11.0 Å². The lowest BCUT2D eigenvalue weighted by Gasteiger charge is -2.13. The van der Waals surface area contributed by atoms with Crippen LogP contribution in [0.5, 0.6) is 0 Å². The van der Waals surface area contributed by atoms with E-state index in [-0.39, 0.29) is 5.91 Å². The Morgan fingerprint density at radius 1 is 1.53 bits per heavy atom. The fourth-order valence-corrected chi connectivity index (χ4v) is 2.64. The number of furan rings is 1. The van der Waals surface area contributed by atoms with Crippen LogP contribution in [0.1, 0.15) is 22.5 Å². The van der Waals surface area contributed by atoms with E-state index in [0.29, 0.717) is 35.9 Å². The molecule has 0 spiro atoms. The first kappa shape index (κ1) is 12.5. The molecule has 1 fully saturated rings. The van der Waals surface area contributed by atoms with Crippen LogP contribution in [0.15, 0.2) is 22.6 Å². The number of amides is 1. The fraction of sp³-hybridized carbons (Fsp3) is 0.357. The third kappa shape index (κ3) is 2.11. The summed E-state index contributed by atoms with van der Waals surface area (Å²) in [7, 11) is 0. The summed E-state index contributed by atoms with van der Waals surface area (Å²) in [6, 6.07) is 5.30. The standard InChI is InChI=1S/C14H14ClNO3/c1-8-11-6-9(15)2-3-12(11)19-13(8)14(18)16-5-4-10(17)7-16/h2-3,6,10,17H,4-5,7H2,1H3/t10-/m1/s1. The summed E-state index contributed by atoms with van der Waals surface area (Å²) >= 11 is 5.96. The van der Waals surface area contributed by atoms with Crippen molar-refractivity contribution < 1.29 is 14.3 Å². The molecule has 0 unspecified atom stereocenters. The first-order chi connectivity index (χ1) is 9.06. The van der Waals surface area contributed by atoms with Gasteiger partial charge in [-0.25, -0.2) is 0 Å². The van der Waals surface area contributed by atoms with Crippen LogP contribution in [-0.4, -0.2) is 35.1 Å². The van der Waals surface area contributed by atoms with Gasteiger partial charge in [-0.1, -0.05) is 11.6 Å². The van der Waals surface area contributed by atoms with Gasteiger partial charge in [-0.3, -0.25) is 4.79 Å². The molecule has 2 aromatic rings. The van der Waals surface area contributed by atoms with Gasteiger partial charge in [-0.05, 0) is 31.5 Å². The number of halogens is 1. The third-order valence-electron chi connectivity index (χ3n) is 3.54. The molecular formula is C14H14ClNO3. The number of hydrogen-bond acceptors (Lipinski definition) is 3. The number of aliphatic hydroxyl groups excluding tert-OH is 1. The minimum atomic E-state index is -0.428. The highest BCUT2D eigenvalue weighted by atomic mass is 35.5. The Hall–Kier alpha value is -1.52. The molecular weight excluding hydrogens is 266 g/mol. The Bertz CT molecular complexity index is 649. The van der Waals surface area contributed by atoms with Crippen LogP contribution in [0, 0.1) is 6.92 Å². The summed E-state index contributed by atoms with van der Waals surface area (Å²) in [5.41, 5.74) is 1.45. The lowest BCUT2D eigenvalue weighted by molar-refractivity contribution is 0.0735. The number of carbonyl (C=O) groups excluding carboxylic acids is 1. The molecule has 0 radical (unpaired) electrons. The summed E-state index contributed by atoms with van der Waals surface area (Å²) in [6.07, 6.45) is 0.194. The van der Waals surface area contributed by atoms with Crippen LogP contribution >= 0.6 is 11.6 Å². The summed E-state index contributed by atoms with van der Waals surface area (Å²) in [5, 5.41) is 11.0. The predicted molar refractivity (Wildman–Crippen MR) is 72.5 cm³/mol. The van der Waals surface area contributed by atoms with Gasteiger partial charge in [0.05, 0.1) is 6.10 Å². The molecule has 1 N–H and O–H groups in total. The molecule has 1 atom stereocenters. The monoisotopic (exact) mass is 279 g/mol. The number of β-amino-alcohol motifs (C(OH)–C–C–N with tert-alkyl or cyclic N) is 1. The highest BCUT2D eigenvalue weighted by molar-refractivity contribution is 6.31. The minimum absolute atomic E-state index is 0.165. The van der Waals surface area contributed by atoms with Gasteiger partial charge in [0.2, 0.25) is 0 Å². The van der Waals surface area contributed by atoms with E-state index in [2.05, 4.69) is 0 Å². The van der Waals surface area contributed by atoms with Gasteiger partial charge in [0.15, 0.2) is 5.76 Å². The molecule has 5 heteroatoms. The number of nitrogens with zero attached hydrogens (tertiary/aromatic N) is 1. The van der Waals surface area contributed by atoms with Crippen molar-refractivity contribution in [3.63, 3.8) is 0 Å². The van der Waals surface area contributed by atoms with E-state index in [1.165, 1.54) is 0 Å². The second-order valence-electron chi connectivity index (χ2n) is 4.89. The van der Waals surface area contributed by atoms with Crippen molar-refractivity contribution in [1.29, 1.82) is 0 Å². The number of hydrogen-bond donors (Lipinski definition) is 1. The second kappa shape index (κ2) is 4.54. The maximum atomic E-state index is 12.4. The lowest BCUT2D eigenvalue weighted by atomic mass is 10.1. The highest BCUT2D eigenvalue weighted by Crippen LogP contribution is 2.29. The summed E-state index contributed by atoms with van der Waals surface area (Å²) in [5.74, 6) is 0.174. The first-order valence-electron chi connectivity index (χ1n) is 6.22. The van der Waals surface area contributed by atoms with E-state index >= 15 is 0 Å². The lowest BCUT2D eigenvalue weighted by Crippen LogP contribution is -2.29. The van der Waals surface area contributed by atoms with Gasteiger partial charge in [-0.2, -0.15) is 0 Å². The van der Waals surface area contributed by atoms with Crippen LogP contribution in [0.2, 0.25) is 5.02 Å². The number of aryl methyl sites for hydroxylation is 1. The van der Waals surface area contributed by atoms with Crippen molar-refractivity contribution in [2.24, 2.45) is 0 Å². The third-order valence-corrected chi connectivity index (χ3v) is 3.78. The van der Waals surface area contributed by atoms with Gasteiger partial charge < -0.3 is 14.4 Å². The van der Waals surface area contributed by atoms with Crippen molar-refractivity contribution in [3.05, 3.63) is 34.5 Å². The van der Waals surface area contributed by atoms with Gasteiger partial charge >= 0.3 is 0 Å². The topological polar surface area (TPSA) is 53.7 Å². The molecule has 0 saturated carbocycles. The number of fused-ring (bicyclic) bond motifs is 1. The van der Waals surface area contributed by atoms with Crippen molar-refractivity contribution >= 4 is 28.5 Å². The van der Waals surface area contributed by atoms with E-state index in [0.717, 1.165) is 10.9 Å². The first-order valence-corrected chi connectivity index (χ1v) is 6.60. The fourth-order valence-electron chi connectivity index (χ4n) is 2.47. The molecule has 1 aromatic carbocycles. The zero-order valence-electron chi connectivity index (χ0n) is 10.5. The normalized spacial score (nSPS) is 19.3. The van der Waals surface area contributed by atoms with E-state index < -0.39 is 6.10 Å². The molecule has 0 bridgehead atoms. The number of benzene rings is 1. The van der Waals surface area contributed by atoms with Crippen molar-refractivity contribution in [2.45, 2.75) is 19.4 Å². The quantitative estimate of drug-likeness (QED) is 0.873. The maximum Gasteiger partial charge on any atom is 0.289 e. The molecule has 1 aliphatic rings. The SMILES string of the molecule is Cc1c(C(=O)N2CC[C@@H](O)C2)oc2ccc(Cl)cc12. The molecule has 1 saturated heterocycles. The smallest absolute Gasteiger partial charge is 0.289 e. The molecule has 4 nitrogen and oxygen atoms in total. The van der Waals surface area contributed by atoms with Gasteiger partial charge in [0.25, 0.3) is 5.91 Å². The average molecular weight is 280 g/mol. The van der Waals surface area contributed by atoms with Crippen LogP contribution in [0.4, 0.5) is 0 Å². The predicted octanol–water partition coefficient (Wildman–Crippen LogP) is 2.60. The molecule has 1 aliphatic heterocycles. The minimum Gasteiger partial charge on any atom is -0.451 e. The van der Waals surface area contributed by atoms with Crippen LogP contribution in [-0.2, 0) is 0 Å². The average Bonchev–Trinajstić information content (AvgIpc) is 2.94. The zero-order chi connectivity index (χ0) is 13.6. The highest BCUT2D eigenvalue weighted by Gasteiger charge is 2.29. The summed E-state index contributed by atoms with van der Waals surface area (Å²) < 4.78 is 5.63. The Labute approximate surface area is 115 Å². The number of aliphatic hydroxyl groups is 1. The van der Waals surface area contributed by atoms with Crippen molar-refractivity contribution in [3.8, 4) is 0 Å². The zero-order valence-corrected chi connectivity index (χ0v) is 11.3. The molecule has 19 heavy (non-hydrogen) atoms. The Balaban J connectivity index is 2.01. The van der Waals surface area contributed by atoms with E-state index in [9.17, 15) is 9.90 Å². The molecule has 1 amide bonds. The van der Waals surface area contributed by atoms with Crippen LogP contribution in [0.3, 0.4) is 0 Å². The van der Waals surface area contributed by atoms with Gasteiger partial charge in [0, 0.05) is 29.1 Å². The van der Waals surface area contributed by atoms with Crippen molar-refractivity contribution in [2.75, 3.05) is 13.1 Å². The molecule has 3 rings (SSSR count). The Morgan fingerprint density at radius 3 is 3.00 bits per heavy atom. The molecule has 0 aliphatic carbocycles. The Morgan fingerprint density at radius 2 is 2.32 bits per heavy atom. The van der Waals surface area contributed by atoms with E-state index in [1.54, 1.807) is 23.1 Å². The second-order valence-corrected chi connectivity index (χ2v) is 5.33. The number of carbonyl (C=O) groups is 1. The van der Waals surface area contributed by atoms with E-state index in [1.807, 2.05) is 6.92 Å². The maximum absolute atomic E-state index is 12.4. The molecule has 100 valence electrons. The Kier molecular flexibility index (Phi) is 2.99.